The van der Waals surface area contributed by atoms with Gasteiger partial charge in [-0.1, -0.05) is 0 Å². The van der Waals surface area contributed by atoms with E-state index in [2.05, 4.69) is 18.7 Å². The Balaban J connectivity index is 0. The summed E-state index contributed by atoms with van der Waals surface area (Å²) >= 11 is 0. The number of hydrogen-bond acceptors (Lipinski definition) is 7. The number of carbonyl (C=O) groups is 1. The molecule has 10 heteroatoms. The third-order valence-corrected chi connectivity index (χ3v) is 4.12. The summed E-state index contributed by atoms with van der Waals surface area (Å²) < 4.78 is 5.37. The van der Waals surface area contributed by atoms with Crippen LogP contribution in [0.5, 0.6) is 5.75 Å². The van der Waals surface area contributed by atoms with E-state index >= 15 is 0 Å². The van der Waals surface area contributed by atoms with Crippen LogP contribution in [0.3, 0.4) is 0 Å². The maximum Gasteiger partial charge on any atom is 1.00 e. The van der Waals surface area contributed by atoms with Crippen molar-refractivity contribution in [3.8, 4) is 5.75 Å². The van der Waals surface area contributed by atoms with Gasteiger partial charge in [-0.15, -0.1) is 0 Å². The normalized spacial score (nSPS) is 14.3. The summed E-state index contributed by atoms with van der Waals surface area (Å²) in [4.78, 5) is 21.4. The molecule has 0 saturated carbocycles. The number of carbonyl (C=O) groups excluding carboxylic acids is 1. The summed E-state index contributed by atoms with van der Waals surface area (Å²) in [6.45, 7) is 6.48. The average Bonchev–Trinajstić information content (AvgIpc) is 2.53. The fourth-order valence-corrected chi connectivity index (χ4v) is 2.88. The first kappa shape index (κ1) is 29.1. The summed E-state index contributed by atoms with van der Waals surface area (Å²) in [5.41, 5.74) is 1.12. The number of piperidine rings is 1. The Kier molecular flexibility index (Phi) is 16.6. The van der Waals surface area contributed by atoms with Crippen LogP contribution >= 0.6 is 0 Å². The van der Waals surface area contributed by atoms with Crippen LogP contribution in [0, 0.1) is 10.1 Å². The summed E-state index contributed by atoms with van der Waals surface area (Å²) in [7, 11) is 1.62. The molecule has 0 aliphatic carbocycles. The number of non-ortho nitro benzene ring substituents is 1. The van der Waals surface area contributed by atoms with Gasteiger partial charge in [0.05, 0.1) is 12.0 Å². The zero-order valence-corrected chi connectivity index (χ0v) is 22.3. The van der Waals surface area contributed by atoms with E-state index in [9.17, 15) is 10.1 Å². The predicted molar refractivity (Wildman–Crippen MR) is 83.7 cm³/mol. The number of carboxylic acid groups (broad SMARTS) is 2. The van der Waals surface area contributed by atoms with Gasteiger partial charge in [-0.25, -0.2) is 0 Å². The maximum absolute atomic E-state index is 10.9. The number of nitro groups is 1. The minimum Gasteiger partial charge on any atom is -0.652 e. The largest absolute Gasteiger partial charge is 1.00 e. The van der Waals surface area contributed by atoms with Crippen molar-refractivity contribution in [1.29, 1.82) is 0 Å². The van der Waals surface area contributed by atoms with Crippen LogP contribution in [0.4, 0.5) is 10.5 Å². The van der Waals surface area contributed by atoms with E-state index in [1.165, 1.54) is 6.07 Å². The Bertz CT molecular complexity index is 574. The van der Waals surface area contributed by atoms with Gasteiger partial charge in [0.2, 0.25) is 0 Å². The molecule has 1 fully saturated rings. The number of nitrogens with zero attached hydrogens (tertiary/aromatic N) is 2. The van der Waals surface area contributed by atoms with Gasteiger partial charge < -0.3 is 24.6 Å². The molecule has 0 spiro atoms. The van der Waals surface area contributed by atoms with Crippen molar-refractivity contribution in [2.45, 2.75) is 38.6 Å². The van der Waals surface area contributed by atoms with Crippen LogP contribution in [-0.2, 0) is 0 Å². The molecule has 0 aromatic heterocycles. The number of nitro benzene ring substituents is 1. The van der Waals surface area contributed by atoms with Gasteiger partial charge >= 0.3 is 103 Å². The van der Waals surface area contributed by atoms with Gasteiger partial charge in [0, 0.05) is 23.7 Å². The topological polar surface area (TPSA) is 119 Å². The van der Waals surface area contributed by atoms with Gasteiger partial charge in [0.15, 0.2) is 0 Å². The van der Waals surface area contributed by atoms with Crippen LogP contribution in [-0.4, -0.2) is 42.2 Å². The molecule has 8 nitrogen and oxygen atoms in total. The van der Waals surface area contributed by atoms with Crippen molar-refractivity contribution in [3.05, 3.63) is 33.9 Å². The van der Waals surface area contributed by atoms with E-state index in [-0.39, 0.29) is 113 Å². The number of methoxy groups -OCH3 is 1. The monoisotopic (exact) mass is 416 g/mol. The van der Waals surface area contributed by atoms with Crippen molar-refractivity contribution < 1.29 is 127 Å². The molecular formula is C16H22K2N2O6. The van der Waals surface area contributed by atoms with E-state index in [0.29, 0.717) is 12.0 Å². The molecule has 1 aromatic carbocycles. The van der Waals surface area contributed by atoms with Crippen LogP contribution in [0.15, 0.2) is 18.2 Å². The van der Waals surface area contributed by atoms with Crippen molar-refractivity contribution in [2.24, 2.45) is 0 Å². The SMILES string of the molecule is COc1ccc([N+](=O)[O-])cc1C1CCN(C(C)C)CC1.O=C([O-])[O-].[K+].[K+]. The molecule has 2 rings (SSSR count). The zero-order chi connectivity index (χ0) is 18.3. The third-order valence-electron chi connectivity index (χ3n) is 4.12. The van der Waals surface area contributed by atoms with E-state index < -0.39 is 6.16 Å². The maximum atomic E-state index is 10.9. The molecule has 26 heavy (non-hydrogen) atoms. The fourth-order valence-electron chi connectivity index (χ4n) is 2.88. The second-order valence-corrected chi connectivity index (χ2v) is 5.84. The number of benzene rings is 1. The van der Waals surface area contributed by atoms with E-state index in [1.807, 2.05) is 0 Å². The fraction of sp³-hybridized carbons (Fsp3) is 0.562. The van der Waals surface area contributed by atoms with E-state index in [1.54, 1.807) is 19.2 Å². The third kappa shape index (κ3) is 9.92. The van der Waals surface area contributed by atoms with E-state index in [0.717, 1.165) is 37.2 Å². The van der Waals surface area contributed by atoms with Crippen molar-refractivity contribution >= 4 is 11.8 Å². The van der Waals surface area contributed by atoms with Crippen molar-refractivity contribution in [3.63, 3.8) is 0 Å². The van der Waals surface area contributed by atoms with Crippen LogP contribution < -0.4 is 118 Å². The van der Waals surface area contributed by atoms with Crippen molar-refractivity contribution in [1.82, 2.24) is 4.90 Å². The number of hydrogen-bond donors (Lipinski definition) is 0. The Morgan fingerprint density at radius 2 is 1.73 bits per heavy atom. The molecule has 1 aliphatic rings. The summed E-state index contributed by atoms with van der Waals surface area (Å²) in [6.07, 6.45) is -0.286. The summed E-state index contributed by atoms with van der Waals surface area (Å²) in [6, 6.07) is 5.45. The van der Waals surface area contributed by atoms with Crippen LogP contribution in [0.1, 0.15) is 38.2 Å². The molecule has 0 bridgehead atoms. The molecule has 1 aromatic rings. The number of rotatable bonds is 4. The second kappa shape index (κ2) is 14.9. The zero-order valence-electron chi connectivity index (χ0n) is 16.1. The number of ether oxygens (including phenoxy) is 1. The first-order chi connectivity index (χ1) is 11.3. The van der Waals surface area contributed by atoms with Crippen LogP contribution in [0.2, 0.25) is 0 Å². The smallest absolute Gasteiger partial charge is 0.652 e. The van der Waals surface area contributed by atoms with E-state index in [4.69, 9.17) is 19.7 Å². The Morgan fingerprint density at radius 3 is 2.12 bits per heavy atom. The first-order valence-electron chi connectivity index (χ1n) is 7.70. The van der Waals surface area contributed by atoms with Gasteiger partial charge in [0.1, 0.15) is 5.75 Å². The molecule has 1 saturated heterocycles. The quantitative estimate of drug-likeness (QED) is 0.273. The molecule has 0 amide bonds. The molecule has 0 unspecified atom stereocenters. The minimum absolute atomic E-state index is 0. The summed E-state index contributed by atoms with van der Waals surface area (Å²) in [5.74, 6) is 1.11. The Labute approximate surface area is 238 Å². The van der Waals surface area contributed by atoms with Gasteiger partial charge in [0.25, 0.3) is 5.69 Å². The number of likely N-dealkylation sites (tertiary alicyclic amines) is 1. The van der Waals surface area contributed by atoms with Gasteiger partial charge in [-0.3, -0.25) is 10.1 Å². The standard InChI is InChI=1S/C15H22N2O3.CH2O3.2K/c1-11(2)16-8-6-12(7-9-16)14-10-13(17(18)19)4-5-15(14)20-3;2-1(3)4;;/h4-5,10-12H,6-9H2,1-3H3;(H2,2,3,4);;/q;;2*+1/p-2. The Morgan fingerprint density at radius 1 is 1.23 bits per heavy atom. The van der Waals surface area contributed by atoms with Crippen molar-refractivity contribution in [2.75, 3.05) is 20.2 Å². The van der Waals surface area contributed by atoms with Gasteiger partial charge in [-0.05, 0) is 57.9 Å². The average molecular weight is 417 g/mol. The van der Waals surface area contributed by atoms with Crippen LogP contribution in [0.25, 0.3) is 0 Å². The molecule has 134 valence electrons. The molecule has 1 heterocycles. The molecular weight excluding hydrogens is 394 g/mol. The molecule has 0 atom stereocenters. The molecule has 0 radical (unpaired) electrons. The molecule has 0 N–H and O–H groups in total. The Hall–Kier alpha value is 0.923. The first-order valence-corrected chi connectivity index (χ1v) is 7.70. The van der Waals surface area contributed by atoms with Gasteiger partial charge in [-0.2, -0.15) is 0 Å². The summed E-state index contributed by atoms with van der Waals surface area (Å²) in [5, 5.41) is 27.6. The predicted octanol–water partition coefficient (Wildman–Crippen LogP) is -5.25. The second-order valence-electron chi connectivity index (χ2n) is 5.84. The minimum atomic E-state index is -2.33. The molecule has 1 aliphatic heterocycles.